The molecule has 4 nitrogen and oxygen atoms in total. The molecule has 0 spiro atoms. The van der Waals surface area contributed by atoms with E-state index in [9.17, 15) is 22.2 Å². The number of halogens is 3. The Labute approximate surface area is 130 Å². The van der Waals surface area contributed by atoms with Crippen LogP contribution in [0, 0.1) is 5.41 Å². The lowest BCUT2D eigenvalue weighted by Gasteiger charge is -2.53. The third-order valence-corrected chi connectivity index (χ3v) is 7.11. The lowest BCUT2D eigenvalue weighted by atomic mass is 9.57. The van der Waals surface area contributed by atoms with Crippen LogP contribution in [0.25, 0.3) is 0 Å². The zero-order valence-electron chi connectivity index (χ0n) is 12.3. The molecule has 1 saturated heterocycles. The van der Waals surface area contributed by atoms with Crippen LogP contribution >= 0.6 is 0 Å². The van der Waals surface area contributed by atoms with Crippen LogP contribution in [-0.4, -0.2) is 39.5 Å². The van der Waals surface area contributed by atoms with Crippen molar-refractivity contribution in [1.29, 1.82) is 0 Å². The number of hydrogen-bond donors (Lipinski definition) is 2. The molecule has 4 rings (SSSR count). The van der Waals surface area contributed by atoms with Crippen LogP contribution in [0.5, 0.6) is 0 Å². The Kier molecular flexibility index (Phi) is 3.94. The topological polar surface area (TPSA) is 58.2 Å². The van der Waals surface area contributed by atoms with Crippen LogP contribution in [0.1, 0.15) is 44.9 Å². The lowest BCUT2D eigenvalue weighted by molar-refractivity contribution is -0.253. The van der Waals surface area contributed by atoms with E-state index >= 15 is 0 Å². The molecular weight excluding hydrogens is 317 g/mol. The fraction of sp³-hybridized carbons (Fsp3) is 0.929. The third kappa shape index (κ3) is 2.86. The van der Waals surface area contributed by atoms with Crippen LogP contribution in [0.15, 0.2) is 0 Å². The molecule has 0 radical (unpaired) electrons. The number of alkyl halides is 3. The first kappa shape index (κ1) is 16.1. The van der Waals surface area contributed by atoms with Gasteiger partial charge >= 0.3 is 12.2 Å². The molecule has 0 aromatic rings. The second-order valence-electron chi connectivity index (χ2n) is 6.95. The minimum Gasteiger partial charge on any atom is -0.334 e. The second-order valence-corrected chi connectivity index (χ2v) is 8.57. The number of carbonyl (C=O) groups excluding carboxylic acids is 1. The number of carbonyl (C=O) groups is 1. The van der Waals surface area contributed by atoms with Crippen LogP contribution in [0.4, 0.5) is 18.0 Å². The van der Waals surface area contributed by atoms with Crippen LogP contribution in [0.3, 0.4) is 0 Å². The van der Waals surface area contributed by atoms with Crippen molar-refractivity contribution in [3.8, 4) is 0 Å². The molecule has 4 fully saturated rings. The number of urea groups is 1. The van der Waals surface area contributed by atoms with Gasteiger partial charge in [-0.2, -0.15) is 13.2 Å². The van der Waals surface area contributed by atoms with Gasteiger partial charge in [-0.15, -0.1) is 0 Å². The molecule has 126 valence electrons. The van der Waals surface area contributed by atoms with E-state index < -0.39 is 27.9 Å². The number of amides is 2. The molecule has 1 heterocycles. The van der Waals surface area contributed by atoms with Gasteiger partial charge in [0.1, 0.15) is 0 Å². The van der Waals surface area contributed by atoms with Gasteiger partial charge in [-0.25, -0.2) is 4.79 Å². The summed E-state index contributed by atoms with van der Waals surface area (Å²) in [5.74, 6) is 1.07. The van der Waals surface area contributed by atoms with E-state index in [0.717, 1.165) is 0 Å². The molecule has 2 atom stereocenters. The first-order valence-electron chi connectivity index (χ1n) is 7.74. The van der Waals surface area contributed by atoms with Gasteiger partial charge in [0.05, 0.1) is 5.41 Å². The van der Waals surface area contributed by atoms with Gasteiger partial charge in [0.25, 0.3) is 0 Å². The maximum absolute atomic E-state index is 13.2. The highest BCUT2D eigenvalue weighted by Crippen LogP contribution is 2.59. The molecule has 2 unspecified atom stereocenters. The van der Waals surface area contributed by atoms with Crippen molar-refractivity contribution in [2.24, 2.45) is 5.41 Å². The number of hydrogen-bond acceptors (Lipinski definition) is 2. The van der Waals surface area contributed by atoms with Crippen molar-refractivity contribution in [3.63, 3.8) is 0 Å². The fourth-order valence-corrected chi connectivity index (χ4v) is 5.45. The van der Waals surface area contributed by atoms with Gasteiger partial charge in [0.2, 0.25) is 0 Å². The van der Waals surface area contributed by atoms with Crippen molar-refractivity contribution in [3.05, 3.63) is 0 Å². The minimum absolute atomic E-state index is 0.0846. The maximum Gasteiger partial charge on any atom is 0.394 e. The SMILES string of the molecule is O=C(NC1CCS(=O)C1)NC12CCC(C(F)(F)F)(CC1)CC2. The van der Waals surface area contributed by atoms with E-state index in [1.807, 2.05) is 0 Å². The van der Waals surface area contributed by atoms with Gasteiger partial charge in [-0.05, 0) is 44.9 Å². The summed E-state index contributed by atoms with van der Waals surface area (Å²) >= 11 is 0. The molecule has 0 aromatic heterocycles. The first-order valence-corrected chi connectivity index (χ1v) is 9.23. The fourth-order valence-electron chi connectivity index (χ4n) is 4.04. The average Bonchev–Trinajstić information content (AvgIpc) is 2.84. The smallest absolute Gasteiger partial charge is 0.334 e. The summed E-state index contributed by atoms with van der Waals surface area (Å²) in [5.41, 5.74) is -2.02. The average molecular weight is 338 g/mol. The molecule has 8 heteroatoms. The Morgan fingerprint density at radius 3 is 2.14 bits per heavy atom. The molecular formula is C14H21F3N2O2S. The second kappa shape index (κ2) is 5.39. The predicted molar refractivity (Wildman–Crippen MR) is 76.9 cm³/mol. The standard InChI is InChI=1S/C14H21F3N2O2S/c15-14(16,17)12-2-5-13(6-3-12,7-4-12)19-11(20)18-10-1-8-22(21)9-10/h10H,1-9H2,(H2,18,19,20). The third-order valence-electron chi connectivity index (χ3n) is 5.64. The summed E-state index contributed by atoms with van der Waals surface area (Å²) < 4.78 is 50.9. The highest BCUT2D eigenvalue weighted by atomic mass is 32.2. The normalized spacial score (nSPS) is 41.4. The van der Waals surface area contributed by atoms with E-state index in [1.165, 1.54) is 0 Å². The molecule has 2 bridgehead atoms. The Hall–Kier alpha value is -0.790. The van der Waals surface area contributed by atoms with Crippen molar-refractivity contribution in [2.75, 3.05) is 11.5 Å². The summed E-state index contributed by atoms with van der Waals surface area (Å²) in [5, 5.41) is 5.72. The summed E-state index contributed by atoms with van der Waals surface area (Å²) in [6.07, 6.45) is -1.98. The minimum atomic E-state index is -4.14. The van der Waals surface area contributed by atoms with Gasteiger partial charge < -0.3 is 10.6 Å². The highest BCUT2D eigenvalue weighted by Gasteiger charge is 2.61. The predicted octanol–water partition coefficient (Wildman–Crippen LogP) is 2.46. The number of fused-ring (bicyclic) bond motifs is 3. The van der Waals surface area contributed by atoms with E-state index in [-0.39, 0.29) is 31.3 Å². The van der Waals surface area contributed by atoms with Crippen molar-refractivity contribution in [1.82, 2.24) is 10.6 Å². The van der Waals surface area contributed by atoms with Gasteiger partial charge in [0, 0.05) is 33.9 Å². The van der Waals surface area contributed by atoms with Crippen LogP contribution in [-0.2, 0) is 10.8 Å². The largest absolute Gasteiger partial charge is 0.394 e. The quantitative estimate of drug-likeness (QED) is 0.813. The van der Waals surface area contributed by atoms with Crippen LogP contribution in [0.2, 0.25) is 0 Å². The summed E-state index contributed by atoms with van der Waals surface area (Å²) in [6, 6.07) is -0.413. The molecule has 2 amide bonds. The first-order chi connectivity index (χ1) is 10.2. The molecule has 4 aliphatic rings. The Morgan fingerprint density at radius 2 is 1.68 bits per heavy atom. The van der Waals surface area contributed by atoms with Gasteiger partial charge in [0.15, 0.2) is 0 Å². The summed E-state index contributed by atoms with van der Waals surface area (Å²) in [6.45, 7) is 0. The highest BCUT2D eigenvalue weighted by molar-refractivity contribution is 7.85. The zero-order valence-corrected chi connectivity index (χ0v) is 13.1. The Morgan fingerprint density at radius 1 is 1.09 bits per heavy atom. The summed E-state index contributed by atoms with van der Waals surface area (Å²) in [7, 11) is -0.864. The number of rotatable bonds is 2. The van der Waals surface area contributed by atoms with E-state index in [0.29, 0.717) is 37.2 Å². The zero-order chi connectivity index (χ0) is 16.0. The maximum atomic E-state index is 13.2. The van der Waals surface area contributed by atoms with Gasteiger partial charge in [-0.3, -0.25) is 4.21 Å². The van der Waals surface area contributed by atoms with E-state index in [1.54, 1.807) is 0 Å². The Balaban J connectivity index is 1.56. The molecule has 1 aliphatic heterocycles. The van der Waals surface area contributed by atoms with Crippen molar-refractivity contribution < 1.29 is 22.2 Å². The Bertz CT molecular complexity index is 470. The van der Waals surface area contributed by atoms with Crippen molar-refractivity contribution >= 4 is 16.8 Å². The monoisotopic (exact) mass is 338 g/mol. The van der Waals surface area contributed by atoms with Crippen LogP contribution < -0.4 is 10.6 Å². The molecule has 2 N–H and O–H groups in total. The molecule has 3 saturated carbocycles. The number of nitrogens with one attached hydrogen (secondary N) is 2. The lowest BCUT2D eigenvalue weighted by Crippen LogP contribution is -2.61. The van der Waals surface area contributed by atoms with Crippen molar-refractivity contribution in [2.45, 2.75) is 62.7 Å². The molecule has 3 aliphatic carbocycles. The molecule has 0 aromatic carbocycles. The summed E-state index contributed by atoms with van der Waals surface area (Å²) in [4.78, 5) is 12.1. The molecule has 22 heavy (non-hydrogen) atoms. The van der Waals surface area contributed by atoms with Gasteiger partial charge in [-0.1, -0.05) is 0 Å². The van der Waals surface area contributed by atoms with E-state index in [2.05, 4.69) is 10.6 Å². The van der Waals surface area contributed by atoms with E-state index in [4.69, 9.17) is 0 Å².